The molecule has 0 bridgehead atoms. The second kappa shape index (κ2) is 6.81. The molecule has 1 saturated heterocycles. The Hall–Kier alpha value is -0.590. The lowest BCUT2D eigenvalue weighted by Crippen LogP contribution is -2.32. The van der Waals surface area contributed by atoms with Gasteiger partial charge >= 0.3 is 0 Å². The van der Waals surface area contributed by atoms with Crippen LogP contribution in [-0.2, 0) is 4.74 Å². The molecule has 0 radical (unpaired) electrons. The summed E-state index contributed by atoms with van der Waals surface area (Å²) in [7, 11) is 0. The van der Waals surface area contributed by atoms with Crippen molar-refractivity contribution in [1.82, 2.24) is 5.32 Å². The molecule has 0 aromatic rings. The van der Waals surface area contributed by atoms with Crippen molar-refractivity contribution >= 4 is 0 Å². The summed E-state index contributed by atoms with van der Waals surface area (Å²) in [6.45, 7) is 7.87. The summed E-state index contributed by atoms with van der Waals surface area (Å²) in [5.41, 5.74) is 0. The molecule has 1 atom stereocenters. The van der Waals surface area contributed by atoms with Crippen molar-refractivity contribution in [3.63, 3.8) is 0 Å². The molecular formula is C12H22N2O. The van der Waals surface area contributed by atoms with Crippen LogP contribution in [0.25, 0.3) is 0 Å². The standard InChI is InChI=1S/C12H22N2O/c1-10(2)12(7-13)9-14-8-11-3-5-15-6-4-11/h10-12,14H,3-6,8-9H2,1-2H3. The summed E-state index contributed by atoms with van der Waals surface area (Å²) < 4.78 is 5.31. The quantitative estimate of drug-likeness (QED) is 0.752. The Balaban J connectivity index is 2.11. The lowest BCUT2D eigenvalue weighted by molar-refractivity contribution is 0.0661. The van der Waals surface area contributed by atoms with Gasteiger partial charge in [-0.25, -0.2) is 0 Å². The molecule has 1 rings (SSSR count). The fourth-order valence-corrected chi connectivity index (χ4v) is 1.82. The van der Waals surface area contributed by atoms with Crippen LogP contribution in [0.15, 0.2) is 0 Å². The van der Waals surface area contributed by atoms with E-state index in [0.717, 1.165) is 45.1 Å². The minimum Gasteiger partial charge on any atom is -0.381 e. The monoisotopic (exact) mass is 210 g/mol. The number of hydrogen-bond donors (Lipinski definition) is 1. The van der Waals surface area contributed by atoms with Crippen LogP contribution in [-0.4, -0.2) is 26.3 Å². The topological polar surface area (TPSA) is 45.0 Å². The summed E-state index contributed by atoms with van der Waals surface area (Å²) in [4.78, 5) is 0. The van der Waals surface area contributed by atoms with E-state index in [1.807, 2.05) is 0 Å². The zero-order valence-corrected chi connectivity index (χ0v) is 9.83. The Kier molecular flexibility index (Phi) is 5.67. The highest BCUT2D eigenvalue weighted by atomic mass is 16.5. The van der Waals surface area contributed by atoms with Crippen molar-refractivity contribution in [2.45, 2.75) is 26.7 Å². The summed E-state index contributed by atoms with van der Waals surface area (Å²) in [5.74, 6) is 1.33. The van der Waals surface area contributed by atoms with Crippen molar-refractivity contribution in [3.05, 3.63) is 0 Å². The van der Waals surface area contributed by atoms with Crippen LogP contribution in [0.3, 0.4) is 0 Å². The number of nitrogens with one attached hydrogen (secondary N) is 1. The Bertz CT molecular complexity index is 204. The first-order chi connectivity index (χ1) is 7.24. The number of rotatable bonds is 5. The summed E-state index contributed by atoms with van der Waals surface area (Å²) in [6, 6.07) is 2.35. The van der Waals surface area contributed by atoms with Crippen molar-refractivity contribution in [2.75, 3.05) is 26.3 Å². The number of nitriles is 1. The Morgan fingerprint density at radius 2 is 2.07 bits per heavy atom. The van der Waals surface area contributed by atoms with Crippen LogP contribution in [0.4, 0.5) is 0 Å². The fourth-order valence-electron chi connectivity index (χ4n) is 1.82. The highest BCUT2D eigenvalue weighted by Crippen LogP contribution is 2.14. The third-order valence-electron chi connectivity index (χ3n) is 3.11. The van der Waals surface area contributed by atoms with E-state index in [2.05, 4.69) is 25.2 Å². The molecule has 0 amide bonds. The summed E-state index contributed by atoms with van der Waals surface area (Å²) in [6.07, 6.45) is 2.32. The molecule has 15 heavy (non-hydrogen) atoms. The van der Waals surface area contributed by atoms with Crippen LogP contribution in [0, 0.1) is 29.1 Å². The van der Waals surface area contributed by atoms with E-state index >= 15 is 0 Å². The van der Waals surface area contributed by atoms with Gasteiger partial charge in [0.15, 0.2) is 0 Å². The first-order valence-electron chi connectivity index (χ1n) is 5.92. The van der Waals surface area contributed by atoms with Gasteiger partial charge in [0, 0.05) is 19.8 Å². The smallest absolute Gasteiger partial charge is 0.0671 e. The van der Waals surface area contributed by atoms with Crippen molar-refractivity contribution in [2.24, 2.45) is 17.8 Å². The second-order valence-corrected chi connectivity index (χ2v) is 4.69. The van der Waals surface area contributed by atoms with Crippen molar-refractivity contribution in [1.29, 1.82) is 5.26 Å². The Labute approximate surface area is 92.8 Å². The molecule has 3 heteroatoms. The maximum absolute atomic E-state index is 8.92. The maximum Gasteiger partial charge on any atom is 0.0671 e. The van der Waals surface area contributed by atoms with E-state index in [0.29, 0.717) is 5.92 Å². The minimum absolute atomic E-state index is 0.143. The van der Waals surface area contributed by atoms with E-state index in [1.165, 1.54) is 0 Å². The van der Waals surface area contributed by atoms with Gasteiger partial charge in [-0.2, -0.15) is 5.26 Å². The molecule has 1 fully saturated rings. The third kappa shape index (κ3) is 4.63. The second-order valence-electron chi connectivity index (χ2n) is 4.69. The first-order valence-corrected chi connectivity index (χ1v) is 5.92. The molecule has 1 heterocycles. The Morgan fingerprint density at radius 3 is 2.60 bits per heavy atom. The van der Waals surface area contributed by atoms with E-state index in [9.17, 15) is 0 Å². The molecule has 0 aliphatic carbocycles. The van der Waals surface area contributed by atoms with E-state index < -0.39 is 0 Å². The van der Waals surface area contributed by atoms with Gasteiger partial charge in [0.2, 0.25) is 0 Å². The van der Waals surface area contributed by atoms with Crippen LogP contribution < -0.4 is 5.32 Å². The van der Waals surface area contributed by atoms with Crippen LogP contribution in [0.2, 0.25) is 0 Å². The SMILES string of the molecule is CC(C)C(C#N)CNCC1CCOCC1. The molecule has 1 N–H and O–H groups in total. The van der Waals surface area contributed by atoms with Gasteiger partial charge in [-0.3, -0.25) is 0 Å². The first kappa shape index (κ1) is 12.5. The van der Waals surface area contributed by atoms with Crippen LogP contribution >= 0.6 is 0 Å². The average molecular weight is 210 g/mol. The Morgan fingerprint density at radius 1 is 1.40 bits per heavy atom. The molecule has 86 valence electrons. The predicted octanol–water partition coefficient (Wildman–Crippen LogP) is 1.80. The molecular weight excluding hydrogens is 188 g/mol. The van der Waals surface area contributed by atoms with E-state index in [4.69, 9.17) is 10.00 Å². The van der Waals surface area contributed by atoms with E-state index in [-0.39, 0.29) is 5.92 Å². The van der Waals surface area contributed by atoms with Crippen LogP contribution in [0.1, 0.15) is 26.7 Å². The number of ether oxygens (including phenoxy) is 1. The molecule has 0 spiro atoms. The molecule has 1 aliphatic rings. The van der Waals surface area contributed by atoms with Gasteiger partial charge in [0.1, 0.15) is 0 Å². The highest BCUT2D eigenvalue weighted by Gasteiger charge is 2.15. The lowest BCUT2D eigenvalue weighted by atomic mass is 9.96. The van der Waals surface area contributed by atoms with Gasteiger partial charge in [-0.1, -0.05) is 13.8 Å². The number of hydrogen-bond acceptors (Lipinski definition) is 3. The molecule has 1 unspecified atom stereocenters. The summed E-state index contributed by atoms with van der Waals surface area (Å²) in [5, 5.41) is 12.3. The van der Waals surface area contributed by atoms with E-state index in [1.54, 1.807) is 0 Å². The maximum atomic E-state index is 8.92. The van der Waals surface area contributed by atoms with Gasteiger partial charge in [0.05, 0.1) is 12.0 Å². The highest BCUT2D eigenvalue weighted by molar-refractivity contribution is 4.86. The third-order valence-corrected chi connectivity index (χ3v) is 3.11. The zero-order chi connectivity index (χ0) is 11.1. The van der Waals surface area contributed by atoms with Crippen LogP contribution in [0.5, 0.6) is 0 Å². The lowest BCUT2D eigenvalue weighted by Gasteiger charge is -2.23. The normalized spacial score (nSPS) is 20.1. The fraction of sp³-hybridized carbons (Fsp3) is 0.917. The summed E-state index contributed by atoms with van der Waals surface area (Å²) >= 11 is 0. The molecule has 3 nitrogen and oxygen atoms in total. The zero-order valence-electron chi connectivity index (χ0n) is 9.83. The van der Waals surface area contributed by atoms with Gasteiger partial charge in [-0.15, -0.1) is 0 Å². The predicted molar refractivity (Wildman–Crippen MR) is 60.4 cm³/mol. The van der Waals surface area contributed by atoms with Crippen molar-refractivity contribution in [3.8, 4) is 6.07 Å². The van der Waals surface area contributed by atoms with Gasteiger partial charge in [0.25, 0.3) is 0 Å². The minimum atomic E-state index is 0.143. The molecule has 0 saturated carbocycles. The average Bonchev–Trinajstić information content (AvgIpc) is 2.25. The van der Waals surface area contributed by atoms with Gasteiger partial charge in [-0.05, 0) is 31.2 Å². The number of nitrogens with zero attached hydrogens (tertiary/aromatic N) is 1. The molecule has 1 aliphatic heterocycles. The molecule has 0 aromatic heterocycles. The van der Waals surface area contributed by atoms with Crippen molar-refractivity contribution < 1.29 is 4.74 Å². The largest absolute Gasteiger partial charge is 0.381 e. The van der Waals surface area contributed by atoms with Gasteiger partial charge < -0.3 is 10.1 Å². The molecule has 0 aromatic carbocycles.